The molecule has 0 unspecified atom stereocenters. The number of hydrogen-bond acceptors (Lipinski definition) is 5. The Morgan fingerprint density at radius 1 is 1.30 bits per heavy atom. The van der Waals surface area contributed by atoms with Crippen molar-refractivity contribution in [3.63, 3.8) is 0 Å². The van der Waals surface area contributed by atoms with Crippen LogP contribution in [-0.4, -0.2) is 33.7 Å². The quantitative estimate of drug-likeness (QED) is 0.629. The van der Waals surface area contributed by atoms with Gasteiger partial charge in [0.15, 0.2) is 0 Å². The summed E-state index contributed by atoms with van der Waals surface area (Å²) in [7, 11) is 1.03. The zero-order valence-corrected chi connectivity index (χ0v) is 11.9. The molecule has 5 nitrogen and oxygen atoms in total. The van der Waals surface area contributed by atoms with Crippen molar-refractivity contribution >= 4 is 25.7 Å². The van der Waals surface area contributed by atoms with Crippen LogP contribution < -0.4 is 0 Å². The van der Waals surface area contributed by atoms with E-state index in [-0.39, 0.29) is 11.7 Å². The maximum Gasteiger partial charge on any atom is 0.338 e. The molecule has 1 aromatic rings. The second-order valence-corrected chi connectivity index (χ2v) is 6.90. The molecule has 1 aromatic carbocycles. The van der Waals surface area contributed by atoms with Crippen molar-refractivity contribution in [1.82, 2.24) is 0 Å². The van der Waals surface area contributed by atoms with Gasteiger partial charge < -0.3 is 9.47 Å². The fourth-order valence-electron chi connectivity index (χ4n) is 1.83. The molecule has 0 aliphatic carbocycles. The van der Waals surface area contributed by atoms with Crippen LogP contribution in [0.1, 0.15) is 23.2 Å². The van der Waals surface area contributed by atoms with Gasteiger partial charge in [-0.2, -0.15) is 0 Å². The van der Waals surface area contributed by atoms with Gasteiger partial charge in [0.2, 0.25) is 0 Å². The first-order chi connectivity index (χ1) is 9.36. The maximum absolute atomic E-state index is 13.3. The lowest BCUT2D eigenvalue weighted by atomic mass is 10.1. The van der Waals surface area contributed by atoms with E-state index in [9.17, 15) is 17.6 Å². The number of rotatable bonds is 3. The number of carbonyl (C=O) groups excluding carboxylic acids is 1. The molecule has 1 aliphatic rings. The van der Waals surface area contributed by atoms with Crippen molar-refractivity contribution in [3.05, 3.63) is 29.6 Å². The van der Waals surface area contributed by atoms with Crippen molar-refractivity contribution in [2.45, 2.75) is 23.8 Å². The standard InChI is InChI=1S/C12H12ClFO5S/c13-20(16,17)11-6-8(5-9(14)7-11)12(15)19-10-1-3-18-4-2-10/h5-7,10H,1-4H2. The van der Waals surface area contributed by atoms with E-state index in [4.69, 9.17) is 20.2 Å². The van der Waals surface area contributed by atoms with E-state index in [1.165, 1.54) is 0 Å². The number of hydrogen-bond donors (Lipinski definition) is 0. The number of carbonyl (C=O) groups is 1. The van der Waals surface area contributed by atoms with Crippen LogP contribution in [0, 0.1) is 5.82 Å². The minimum absolute atomic E-state index is 0.185. The zero-order valence-electron chi connectivity index (χ0n) is 10.3. The second-order valence-electron chi connectivity index (χ2n) is 4.33. The highest BCUT2D eigenvalue weighted by molar-refractivity contribution is 8.13. The van der Waals surface area contributed by atoms with E-state index in [1.54, 1.807) is 0 Å². The highest BCUT2D eigenvalue weighted by atomic mass is 35.7. The average molecular weight is 323 g/mol. The lowest BCUT2D eigenvalue weighted by molar-refractivity contribution is -0.0159. The lowest BCUT2D eigenvalue weighted by Crippen LogP contribution is -2.26. The van der Waals surface area contributed by atoms with E-state index in [1.807, 2.05) is 0 Å². The summed E-state index contributed by atoms with van der Waals surface area (Å²) in [6.07, 6.45) is 0.805. The highest BCUT2D eigenvalue weighted by Gasteiger charge is 2.21. The minimum Gasteiger partial charge on any atom is -0.459 e. The van der Waals surface area contributed by atoms with Gasteiger partial charge in [0.05, 0.1) is 23.7 Å². The third kappa shape index (κ3) is 3.91. The Bertz CT molecular complexity index is 610. The van der Waals surface area contributed by atoms with Crippen LogP contribution in [0.4, 0.5) is 4.39 Å². The van der Waals surface area contributed by atoms with Crippen LogP contribution in [0.2, 0.25) is 0 Å². The molecule has 1 saturated heterocycles. The van der Waals surface area contributed by atoms with Crippen LogP contribution in [0.15, 0.2) is 23.1 Å². The molecular weight excluding hydrogens is 311 g/mol. The summed E-state index contributed by atoms with van der Waals surface area (Å²) in [6, 6.07) is 2.65. The summed E-state index contributed by atoms with van der Waals surface area (Å²) < 4.78 is 46.0. The largest absolute Gasteiger partial charge is 0.459 e. The molecule has 0 aromatic heterocycles. The Morgan fingerprint density at radius 2 is 1.95 bits per heavy atom. The van der Waals surface area contributed by atoms with Gasteiger partial charge in [-0.15, -0.1) is 0 Å². The predicted molar refractivity (Wildman–Crippen MR) is 68.7 cm³/mol. The van der Waals surface area contributed by atoms with Gasteiger partial charge in [0, 0.05) is 23.5 Å². The van der Waals surface area contributed by atoms with Gasteiger partial charge in [0.25, 0.3) is 9.05 Å². The Kier molecular flexibility index (Phi) is 4.62. The predicted octanol–water partition coefficient (Wildman–Crippen LogP) is 2.09. The average Bonchev–Trinajstić information content (AvgIpc) is 2.38. The zero-order chi connectivity index (χ0) is 14.8. The molecule has 1 heterocycles. The normalized spacial score (nSPS) is 16.9. The smallest absolute Gasteiger partial charge is 0.338 e. The monoisotopic (exact) mass is 322 g/mol. The molecule has 1 fully saturated rings. The Hall–Kier alpha value is -1.18. The third-order valence-corrected chi connectivity index (χ3v) is 4.16. The molecule has 0 atom stereocenters. The van der Waals surface area contributed by atoms with Gasteiger partial charge in [-0.25, -0.2) is 17.6 Å². The van der Waals surface area contributed by atoms with E-state index in [0.717, 1.165) is 18.2 Å². The second kappa shape index (κ2) is 6.07. The van der Waals surface area contributed by atoms with Crippen LogP contribution >= 0.6 is 10.7 Å². The van der Waals surface area contributed by atoms with E-state index in [2.05, 4.69) is 0 Å². The number of ether oxygens (including phenoxy) is 2. The molecule has 110 valence electrons. The molecule has 0 amide bonds. The Labute approximate surface area is 120 Å². The molecule has 0 saturated carbocycles. The van der Waals surface area contributed by atoms with Crippen LogP contribution in [-0.2, 0) is 18.5 Å². The van der Waals surface area contributed by atoms with Crippen LogP contribution in [0.3, 0.4) is 0 Å². The Balaban J connectivity index is 2.19. The van der Waals surface area contributed by atoms with Gasteiger partial charge in [-0.1, -0.05) is 0 Å². The molecule has 20 heavy (non-hydrogen) atoms. The summed E-state index contributed by atoms with van der Waals surface area (Å²) >= 11 is 0. The van der Waals surface area contributed by atoms with Gasteiger partial charge >= 0.3 is 5.97 Å². The fraction of sp³-hybridized carbons (Fsp3) is 0.417. The molecule has 1 aliphatic heterocycles. The molecule has 0 bridgehead atoms. The van der Waals surface area contributed by atoms with Crippen LogP contribution in [0.25, 0.3) is 0 Å². The summed E-state index contributed by atoms with van der Waals surface area (Å²) in [4.78, 5) is 11.4. The first-order valence-corrected chi connectivity index (χ1v) is 8.21. The van der Waals surface area contributed by atoms with Crippen molar-refractivity contribution in [1.29, 1.82) is 0 Å². The minimum atomic E-state index is -4.11. The van der Waals surface area contributed by atoms with Crippen molar-refractivity contribution in [3.8, 4) is 0 Å². The van der Waals surface area contributed by atoms with Crippen molar-refractivity contribution in [2.24, 2.45) is 0 Å². The van der Waals surface area contributed by atoms with Gasteiger partial charge in [-0.05, 0) is 18.2 Å². The highest BCUT2D eigenvalue weighted by Crippen LogP contribution is 2.20. The summed E-state index contributed by atoms with van der Waals surface area (Å²) in [6.45, 7) is 0.977. The maximum atomic E-state index is 13.3. The lowest BCUT2D eigenvalue weighted by Gasteiger charge is -2.22. The number of esters is 1. The summed E-state index contributed by atoms with van der Waals surface area (Å²) in [5, 5.41) is 0. The molecule has 0 radical (unpaired) electrons. The third-order valence-electron chi connectivity index (χ3n) is 2.83. The molecule has 8 heteroatoms. The summed E-state index contributed by atoms with van der Waals surface area (Å²) in [5.41, 5.74) is -0.185. The molecule has 0 spiro atoms. The van der Waals surface area contributed by atoms with E-state index < -0.39 is 25.7 Å². The fourth-order valence-corrected chi connectivity index (χ4v) is 2.62. The van der Waals surface area contributed by atoms with Gasteiger partial charge in [-0.3, -0.25) is 0 Å². The van der Waals surface area contributed by atoms with E-state index >= 15 is 0 Å². The van der Waals surface area contributed by atoms with Crippen molar-refractivity contribution in [2.75, 3.05) is 13.2 Å². The Morgan fingerprint density at radius 3 is 2.55 bits per heavy atom. The molecule has 2 rings (SSSR count). The molecular formula is C12H12ClFO5S. The first-order valence-electron chi connectivity index (χ1n) is 5.90. The first kappa shape index (κ1) is 15.2. The summed E-state index contributed by atoms with van der Waals surface area (Å²) in [5.74, 6) is -1.65. The molecule has 0 N–H and O–H groups in total. The SMILES string of the molecule is O=C(OC1CCOCC1)c1cc(F)cc(S(=O)(=O)Cl)c1. The topological polar surface area (TPSA) is 69.7 Å². The number of benzene rings is 1. The van der Waals surface area contributed by atoms with E-state index in [0.29, 0.717) is 26.1 Å². The van der Waals surface area contributed by atoms with Crippen molar-refractivity contribution < 1.29 is 27.1 Å². The van der Waals surface area contributed by atoms with Crippen LogP contribution in [0.5, 0.6) is 0 Å². The number of halogens is 2. The van der Waals surface area contributed by atoms with Gasteiger partial charge in [0.1, 0.15) is 11.9 Å².